The largest absolute Gasteiger partial charge is 0.493 e. The van der Waals surface area contributed by atoms with Crippen molar-refractivity contribution in [1.82, 2.24) is 14.9 Å². The van der Waals surface area contributed by atoms with Crippen LogP contribution in [0, 0.1) is 5.82 Å². The molecule has 0 bridgehead atoms. The van der Waals surface area contributed by atoms with E-state index in [4.69, 9.17) is 9.47 Å². The summed E-state index contributed by atoms with van der Waals surface area (Å²) >= 11 is 0. The number of aromatic nitrogens is 2. The Morgan fingerprint density at radius 2 is 2.07 bits per heavy atom. The average molecular weight is 397 g/mol. The molecule has 0 unspecified atom stereocenters. The van der Waals surface area contributed by atoms with Crippen LogP contribution in [-0.4, -0.2) is 36.3 Å². The summed E-state index contributed by atoms with van der Waals surface area (Å²) in [6.07, 6.45) is 4.88. The molecule has 2 aromatic carbocycles. The van der Waals surface area contributed by atoms with Gasteiger partial charge in [0.1, 0.15) is 5.82 Å². The molecule has 3 rings (SSSR count). The highest BCUT2D eigenvalue weighted by atomic mass is 19.1. The van der Waals surface area contributed by atoms with E-state index in [2.05, 4.69) is 20.6 Å². The van der Waals surface area contributed by atoms with Gasteiger partial charge >= 0.3 is 0 Å². The number of anilines is 1. The van der Waals surface area contributed by atoms with E-state index in [0.29, 0.717) is 36.3 Å². The Bertz CT molecular complexity index is 973. The van der Waals surface area contributed by atoms with E-state index in [-0.39, 0.29) is 5.82 Å². The van der Waals surface area contributed by atoms with E-state index in [1.165, 1.54) is 6.07 Å². The standard InChI is InChI=1S/C21H24FN5O2/c1-4-29-20-12-16(6-8-19(20)28-3)26-21(23-2)25-13-15-5-7-18(17(22)11-15)27-10-9-24-14-27/h5-12,14H,4,13H2,1-3H3,(H2,23,25,26). The number of hydrogen-bond acceptors (Lipinski definition) is 4. The van der Waals surface area contributed by atoms with Crippen LogP contribution in [0.1, 0.15) is 12.5 Å². The number of aliphatic imine (C=N–C) groups is 1. The minimum atomic E-state index is -0.318. The fraction of sp³-hybridized carbons (Fsp3) is 0.238. The van der Waals surface area contributed by atoms with Crippen LogP contribution in [0.15, 0.2) is 60.1 Å². The lowest BCUT2D eigenvalue weighted by Crippen LogP contribution is -2.30. The molecule has 0 fully saturated rings. The van der Waals surface area contributed by atoms with E-state index in [0.717, 1.165) is 11.3 Å². The third kappa shape index (κ3) is 5.04. The molecule has 1 heterocycles. The molecule has 0 atom stereocenters. The van der Waals surface area contributed by atoms with Crippen molar-refractivity contribution in [1.29, 1.82) is 0 Å². The zero-order chi connectivity index (χ0) is 20.6. The minimum absolute atomic E-state index is 0.318. The van der Waals surface area contributed by atoms with Crippen LogP contribution in [-0.2, 0) is 6.54 Å². The Balaban J connectivity index is 1.65. The number of halogens is 1. The highest BCUT2D eigenvalue weighted by Crippen LogP contribution is 2.30. The van der Waals surface area contributed by atoms with E-state index in [1.54, 1.807) is 43.5 Å². The number of guanidine groups is 1. The molecular weight excluding hydrogens is 373 g/mol. The number of methoxy groups -OCH3 is 1. The number of benzene rings is 2. The highest BCUT2D eigenvalue weighted by molar-refractivity contribution is 5.93. The van der Waals surface area contributed by atoms with Gasteiger partial charge in [0.15, 0.2) is 17.5 Å². The van der Waals surface area contributed by atoms with Crippen LogP contribution in [0.3, 0.4) is 0 Å². The minimum Gasteiger partial charge on any atom is -0.493 e. The van der Waals surface area contributed by atoms with Crippen molar-refractivity contribution in [2.45, 2.75) is 13.5 Å². The number of hydrogen-bond donors (Lipinski definition) is 2. The summed E-state index contributed by atoms with van der Waals surface area (Å²) in [5, 5.41) is 6.37. The lowest BCUT2D eigenvalue weighted by Gasteiger charge is -2.15. The monoisotopic (exact) mass is 397 g/mol. The quantitative estimate of drug-likeness (QED) is 0.471. The van der Waals surface area contributed by atoms with Crippen LogP contribution >= 0.6 is 0 Å². The normalized spacial score (nSPS) is 11.2. The molecule has 0 saturated heterocycles. The van der Waals surface area contributed by atoms with E-state index >= 15 is 0 Å². The van der Waals surface area contributed by atoms with Gasteiger partial charge in [0.25, 0.3) is 0 Å². The zero-order valence-corrected chi connectivity index (χ0v) is 16.6. The predicted molar refractivity (Wildman–Crippen MR) is 112 cm³/mol. The molecule has 0 spiro atoms. The fourth-order valence-corrected chi connectivity index (χ4v) is 2.80. The maximum Gasteiger partial charge on any atom is 0.195 e. The van der Waals surface area contributed by atoms with Gasteiger partial charge in [-0.05, 0) is 36.8 Å². The van der Waals surface area contributed by atoms with Crippen molar-refractivity contribution in [3.8, 4) is 17.2 Å². The van der Waals surface area contributed by atoms with E-state index in [9.17, 15) is 4.39 Å². The van der Waals surface area contributed by atoms with Gasteiger partial charge in [0.2, 0.25) is 0 Å². The lowest BCUT2D eigenvalue weighted by molar-refractivity contribution is 0.311. The third-order valence-corrected chi connectivity index (χ3v) is 4.20. The van der Waals surface area contributed by atoms with Gasteiger partial charge in [-0.2, -0.15) is 0 Å². The van der Waals surface area contributed by atoms with Crippen molar-refractivity contribution in [3.05, 3.63) is 66.5 Å². The second kappa shape index (κ2) is 9.59. The maximum absolute atomic E-state index is 14.4. The Kier molecular flexibility index (Phi) is 6.67. The predicted octanol–water partition coefficient (Wildman–Crippen LogP) is 3.61. The van der Waals surface area contributed by atoms with Crippen LogP contribution in [0.5, 0.6) is 11.5 Å². The van der Waals surface area contributed by atoms with Crippen LogP contribution < -0.4 is 20.1 Å². The number of ether oxygens (including phenoxy) is 2. The summed E-state index contributed by atoms with van der Waals surface area (Å²) in [6, 6.07) is 10.6. The van der Waals surface area contributed by atoms with Crippen molar-refractivity contribution in [2.75, 3.05) is 26.1 Å². The Labute approximate surface area is 169 Å². The van der Waals surface area contributed by atoms with Crippen molar-refractivity contribution in [3.63, 3.8) is 0 Å². The first-order valence-electron chi connectivity index (χ1n) is 9.19. The highest BCUT2D eigenvalue weighted by Gasteiger charge is 2.08. The van der Waals surface area contributed by atoms with Gasteiger partial charge in [-0.1, -0.05) is 6.07 Å². The van der Waals surface area contributed by atoms with Gasteiger partial charge in [-0.15, -0.1) is 0 Å². The first kappa shape index (κ1) is 20.2. The molecule has 29 heavy (non-hydrogen) atoms. The summed E-state index contributed by atoms with van der Waals surface area (Å²) in [6.45, 7) is 2.86. The fourth-order valence-electron chi connectivity index (χ4n) is 2.80. The second-order valence-electron chi connectivity index (χ2n) is 6.11. The molecule has 152 valence electrons. The van der Waals surface area contributed by atoms with Gasteiger partial charge in [-0.25, -0.2) is 9.37 Å². The molecule has 8 heteroatoms. The zero-order valence-electron chi connectivity index (χ0n) is 16.6. The summed E-state index contributed by atoms with van der Waals surface area (Å²) < 4.78 is 26.9. The molecule has 0 saturated carbocycles. The molecule has 0 aliphatic heterocycles. The molecule has 0 aliphatic carbocycles. The SMILES string of the molecule is CCOc1cc(NC(=NC)NCc2ccc(-n3ccnc3)c(F)c2)ccc1OC. The summed E-state index contributed by atoms with van der Waals surface area (Å²) in [5.41, 5.74) is 2.04. The van der Waals surface area contributed by atoms with Gasteiger partial charge in [0, 0.05) is 37.7 Å². The molecular formula is C21H24FN5O2. The van der Waals surface area contributed by atoms with Gasteiger partial charge in [-0.3, -0.25) is 4.99 Å². The van der Waals surface area contributed by atoms with Gasteiger partial charge < -0.3 is 24.7 Å². The van der Waals surface area contributed by atoms with Crippen LogP contribution in [0.25, 0.3) is 5.69 Å². The molecule has 2 N–H and O–H groups in total. The van der Waals surface area contributed by atoms with E-state index < -0.39 is 0 Å². The number of nitrogens with zero attached hydrogens (tertiary/aromatic N) is 3. The lowest BCUT2D eigenvalue weighted by atomic mass is 10.2. The Morgan fingerprint density at radius 1 is 1.21 bits per heavy atom. The van der Waals surface area contributed by atoms with E-state index in [1.807, 2.05) is 31.2 Å². The molecule has 1 aromatic heterocycles. The molecule has 7 nitrogen and oxygen atoms in total. The van der Waals surface area contributed by atoms with Crippen LogP contribution in [0.4, 0.5) is 10.1 Å². The van der Waals surface area contributed by atoms with Crippen LogP contribution in [0.2, 0.25) is 0 Å². The summed E-state index contributed by atoms with van der Waals surface area (Å²) in [5.74, 6) is 1.54. The summed E-state index contributed by atoms with van der Waals surface area (Å²) in [7, 11) is 3.27. The van der Waals surface area contributed by atoms with Gasteiger partial charge in [0.05, 0.1) is 25.7 Å². The maximum atomic E-state index is 14.4. The molecule has 0 aliphatic rings. The molecule has 0 amide bonds. The topological polar surface area (TPSA) is 72.7 Å². The Hall–Kier alpha value is -3.55. The summed E-state index contributed by atoms with van der Waals surface area (Å²) in [4.78, 5) is 8.16. The smallest absolute Gasteiger partial charge is 0.195 e. The van der Waals surface area contributed by atoms with Crippen molar-refractivity contribution < 1.29 is 13.9 Å². The second-order valence-corrected chi connectivity index (χ2v) is 6.11. The Morgan fingerprint density at radius 3 is 2.72 bits per heavy atom. The number of imidazole rings is 1. The van der Waals surface area contributed by atoms with Crippen molar-refractivity contribution >= 4 is 11.6 Å². The number of nitrogens with one attached hydrogen (secondary N) is 2. The first-order valence-corrected chi connectivity index (χ1v) is 9.19. The number of rotatable bonds is 7. The third-order valence-electron chi connectivity index (χ3n) is 4.20. The van der Waals surface area contributed by atoms with Crippen molar-refractivity contribution in [2.24, 2.45) is 4.99 Å². The first-order chi connectivity index (χ1) is 14.1. The molecule has 0 radical (unpaired) electrons. The molecule has 3 aromatic rings. The average Bonchev–Trinajstić information content (AvgIpc) is 3.26.